The summed E-state index contributed by atoms with van der Waals surface area (Å²) in [4.78, 5) is 39.1. The molecule has 1 N–H and O–H groups in total. The number of ketones is 1. The first kappa shape index (κ1) is 23.0. The van der Waals surface area contributed by atoms with Crippen LogP contribution in [0.2, 0.25) is 0 Å². The van der Waals surface area contributed by atoms with E-state index in [4.69, 9.17) is 9.47 Å². The molecule has 0 saturated carbocycles. The molecule has 1 amide bonds. The first-order valence-electron chi connectivity index (χ1n) is 10.1. The average Bonchev–Trinajstić information content (AvgIpc) is 3.38. The Morgan fingerprint density at radius 3 is 2.44 bits per heavy atom. The van der Waals surface area contributed by atoms with Crippen molar-refractivity contribution < 1.29 is 29.1 Å². The number of ether oxygens (including phenoxy) is 2. The van der Waals surface area contributed by atoms with Gasteiger partial charge in [-0.25, -0.2) is 0 Å². The van der Waals surface area contributed by atoms with Gasteiger partial charge < -0.3 is 14.6 Å². The Morgan fingerprint density at radius 1 is 1.09 bits per heavy atom. The molecule has 2 aromatic carbocycles. The zero-order chi connectivity index (χ0) is 24.6. The number of methoxy groups -OCH3 is 2. The van der Waals surface area contributed by atoms with Gasteiger partial charge in [0.1, 0.15) is 11.8 Å². The van der Waals surface area contributed by atoms with Gasteiger partial charge in [0.05, 0.1) is 24.7 Å². The molecule has 1 fully saturated rings. The lowest BCUT2D eigenvalue weighted by Crippen LogP contribution is -2.29. The third-order valence-electron chi connectivity index (χ3n) is 5.57. The summed E-state index contributed by atoms with van der Waals surface area (Å²) in [5.74, 6) is -1.40. The number of nitro groups is 1. The number of aryl methyl sites for hydroxylation is 1. The second-order valence-electron chi connectivity index (χ2n) is 7.48. The maximum atomic E-state index is 13.3. The zero-order valence-corrected chi connectivity index (χ0v) is 19.3. The van der Waals surface area contributed by atoms with Gasteiger partial charge in [0.15, 0.2) is 11.5 Å². The minimum absolute atomic E-state index is 0.0683. The number of rotatable bonds is 6. The highest BCUT2D eigenvalue weighted by molar-refractivity contribution is 7.10. The molecule has 0 aliphatic carbocycles. The van der Waals surface area contributed by atoms with Gasteiger partial charge in [0.25, 0.3) is 17.4 Å². The van der Waals surface area contributed by atoms with Crippen molar-refractivity contribution >= 4 is 40.2 Å². The number of amides is 1. The molecule has 1 aromatic heterocycles. The minimum Gasteiger partial charge on any atom is -0.507 e. The monoisotopic (exact) mass is 480 g/mol. The van der Waals surface area contributed by atoms with Gasteiger partial charge in [0, 0.05) is 34.3 Å². The fourth-order valence-electron chi connectivity index (χ4n) is 3.91. The van der Waals surface area contributed by atoms with E-state index in [0.29, 0.717) is 22.1 Å². The Bertz CT molecular complexity index is 1340. The van der Waals surface area contributed by atoms with E-state index in [1.807, 2.05) is 18.4 Å². The Morgan fingerprint density at radius 2 is 1.82 bits per heavy atom. The number of benzene rings is 2. The van der Waals surface area contributed by atoms with E-state index >= 15 is 0 Å². The fourth-order valence-corrected chi connectivity index (χ4v) is 4.93. The standard InChI is InChI=1S/C24H20N2O7S/c1-13-9-10-34-23(13)20-19(21(27)14-5-4-6-16(11-14)26(30)31)22(28)24(29)25(20)15-7-8-17(32-2)18(12-15)33-3/h4-12,20,27H,1-3H3/b21-19-. The van der Waals surface area contributed by atoms with Crippen LogP contribution in [0.25, 0.3) is 5.76 Å². The maximum absolute atomic E-state index is 13.3. The summed E-state index contributed by atoms with van der Waals surface area (Å²) in [6, 6.07) is 11.0. The van der Waals surface area contributed by atoms with E-state index in [1.54, 1.807) is 18.2 Å². The predicted molar refractivity (Wildman–Crippen MR) is 126 cm³/mol. The van der Waals surface area contributed by atoms with E-state index in [0.717, 1.165) is 11.6 Å². The average molecular weight is 480 g/mol. The highest BCUT2D eigenvalue weighted by Crippen LogP contribution is 2.46. The lowest BCUT2D eigenvalue weighted by molar-refractivity contribution is -0.384. The van der Waals surface area contributed by atoms with Crippen molar-refractivity contribution in [1.29, 1.82) is 0 Å². The second-order valence-corrected chi connectivity index (χ2v) is 8.43. The van der Waals surface area contributed by atoms with Crippen LogP contribution in [-0.4, -0.2) is 35.9 Å². The summed E-state index contributed by atoms with van der Waals surface area (Å²) >= 11 is 1.34. The van der Waals surface area contributed by atoms with Gasteiger partial charge in [0.2, 0.25) is 0 Å². The summed E-state index contributed by atoms with van der Waals surface area (Å²) in [7, 11) is 2.94. The number of aliphatic hydroxyl groups excluding tert-OH is 1. The summed E-state index contributed by atoms with van der Waals surface area (Å²) in [6.45, 7) is 1.84. The van der Waals surface area contributed by atoms with Crippen molar-refractivity contribution in [3.05, 3.63) is 85.6 Å². The molecule has 0 bridgehead atoms. The maximum Gasteiger partial charge on any atom is 0.300 e. The number of anilines is 1. The SMILES string of the molecule is COc1ccc(N2C(=O)C(=O)/C(=C(\O)c3cccc([N+](=O)[O-])c3)C2c2sccc2C)cc1OC. The zero-order valence-electron chi connectivity index (χ0n) is 18.5. The predicted octanol–water partition coefficient (Wildman–Crippen LogP) is 4.61. The van der Waals surface area contributed by atoms with Gasteiger partial charge >= 0.3 is 0 Å². The summed E-state index contributed by atoms with van der Waals surface area (Å²) in [6.07, 6.45) is 0. The van der Waals surface area contributed by atoms with Crippen molar-refractivity contribution in [3.63, 3.8) is 0 Å². The number of nitro benzene ring substituents is 1. The first-order chi connectivity index (χ1) is 16.3. The topological polar surface area (TPSA) is 119 Å². The number of carbonyl (C=O) groups is 2. The van der Waals surface area contributed by atoms with E-state index in [1.165, 1.54) is 48.7 Å². The Kier molecular flexibility index (Phi) is 6.08. The van der Waals surface area contributed by atoms with E-state index in [9.17, 15) is 24.8 Å². The molecule has 2 heterocycles. The number of hydrogen-bond donors (Lipinski definition) is 1. The summed E-state index contributed by atoms with van der Waals surface area (Å²) < 4.78 is 10.6. The third kappa shape index (κ3) is 3.77. The fraction of sp³-hybridized carbons (Fsp3) is 0.167. The van der Waals surface area contributed by atoms with Crippen LogP contribution in [0.3, 0.4) is 0 Å². The van der Waals surface area contributed by atoms with E-state index < -0.39 is 28.4 Å². The lowest BCUT2D eigenvalue weighted by Gasteiger charge is -2.25. The molecular weight excluding hydrogens is 460 g/mol. The Balaban J connectivity index is 1.95. The van der Waals surface area contributed by atoms with Gasteiger partial charge in [-0.05, 0) is 36.1 Å². The second kappa shape index (κ2) is 8.99. The molecule has 34 heavy (non-hydrogen) atoms. The van der Waals surface area contributed by atoms with Gasteiger partial charge in [-0.1, -0.05) is 12.1 Å². The number of aliphatic hydroxyl groups is 1. The van der Waals surface area contributed by atoms with Crippen molar-refractivity contribution in [3.8, 4) is 11.5 Å². The van der Waals surface area contributed by atoms with Crippen LogP contribution in [0.1, 0.15) is 22.0 Å². The number of non-ortho nitro benzene ring substituents is 1. The van der Waals surface area contributed by atoms with E-state index in [-0.39, 0.29) is 16.8 Å². The molecule has 0 spiro atoms. The first-order valence-corrected chi connectivity index (χ1v) is 11.0. The van der Waals surface area contributed by atoms with Crippen molar-refractivity contribution in [2.75, 3.05) is 19.1 Å². The largest absolute Gasteiger partial charge is 0.507 e. The Labute approximate surface area is 198 Å². The Hall–Kier alpha value is -4.18. The van der Waals surface area contributed by atoms with Gasteiger partial charge in [-0.3, -0.25) is 24.6 Å². The molecule has 10 heteroatoms. The summed E-state index contributed by atoms with van der Waals surface area (Å²) in [5.41, 5.74) is 0.870. The van der Waals surface area contributed by atoms with Crippen LogP contribution < -0.4 is 14.4 Å². The molecule has 1 aliphatic heterocycles. The molecule has 1 saturated heterocycles. The van der Waals surface area contributed by atoms with Crippen LogP contribution in [0.15, 0.2) is 59.5 Å². The van der Waals surface area contributed by atoms with Crippen molar-refractivity contribution in [2.24, 2.45) is 0 Å². The number of carbonyl (C=O) groups excluding carboxylic acids is 2. The van der Waals surface area contributed by atoms with Crippen LogP contribution in [-0.2, 0) is 9.59 Å². The minimum atomic E-state index is -0.933. The molecule has 1 aliphatic rings. The highest BCUT2D eigenvalue weighted by Gasteiger charge is 2.48. The molecule has 3 aromatic rings. The lowest BCUT2D eigenvalue weighted by atomic mass is 9.98. The highest BCUT2D eigenvalue weighted by atomic mass is 32.1. The number of Topliss-reactive ketones (excluding diaryl/α,β-unsaturated/α-hetero) is 1. The van der Waals surface area contributed by atoms with Crippen molar-refractivity contribution in [1.82, 2.24) is 0 Å². The molecular formula is C24H20N2O7S. The third-order valence-corrected chi connectivity index (χ3v) is 6.64. The number of nitrogens with zero attached hydrogens (tertiary/aromatic N) is 2. The quantitative estimate of drug-likeness (QED) is 0.180. The van der Waals surface area contributed by atoms with Gasteiger partial charge in [-0.15, -0.1) is 11.3 Å². The van der Waals surface area contributed by atoms with E-state index in [2.05, 4.69) is 0 Å². The van der Waals surface area contributed by atoms with Crippen molar-refractivity contribution in [2.45, 2.75) is 13.0 Å². The molecule has 0 radical (unpaired) electrons. The van der Waals surface area contributed by atoms with Gasteiger partial charge in [-0.2, -0.15) is 0 Å². The molecule has 1 unspecified atom stereocenters. The molecule has 9 nitrogen and oxygen atoms in total. The normalized spacial score (nSPS) is 17.1. The number of thiophene rings is 1. The molecule has 4 rings (SSSR count). The van der Waals surface area contributed by atoms with Crippen LogP contribution in [0.5, 0.6) is 11.5 Å². The molecule has 174 valence electrons. The van der Waals surface area contributed by atoms with Crippen LogP contribution in [0.4, 0.5) is 11.4 Å². The van der Waals surface area contributed by atoms with Crippen LogP contribution >= 0.6 is 11.3 Å². The van der Waals surface area contributed by atoms with Crippen LogP contribution in [0, 0.1) is 17.0 Å². The molecule has 1 atom stereocenters. The smallest absolute Gasteiger partial charge is 0.300 e. The summed E-state index contributed by atoms with van der Waals surface area (Å²) in [5, 5.41) is 24.2. The number of hydrogen-bond acceptors (Lipinski definition) is 8.